The summed E-state index contributed by atoms with van der Waals surface area (Å²) >= 11 is 0. The van der Waals surface area contributed by atoms with Gasteiger partial charge in [0.25, 0.3) is 11.8 Å². The van der Waals surface area contributed by atoms with Gasteiger partial charge in [-0.1, -0.05) is 26.0 Å². The number of imide groups is 1. The largest absolute Gasteiger partial charge is 0.494 e. The average molecular weight is 352 g/mol. The molecule has 1 aliphatic rings. The van der Waals surface area contributed by atoms with E-state index in [1.807, 2.05) is 13.8 Å². The zero-order valence-electron chi connectivity index (χ0n) is 14.9. The van der Waals surface area contributed by atoms with Crippen LogP contribution in [0.4, 0.5) is 11.4 Å². The highest BCUT2D eigenvalue weighted by Crippen LogP contribution is 2.36. The Morgan fingerprint density at radius 3 is 2.23 bits per heavy atom. The van der Waals surface area contributed by atoms with Crippen LogP contribution in [-0.2, 0) is 4.79 Å². The first-order valence-corrected chi connectivity index (χ1v) is 8.38. The number of hydrogen-bond donors (Lipinski definition) is 1. The lowest BCUT2D eigenvalue weighted by Gasteiger charge is -2.18. The Kier molecular flexibility index (Phi) is 4.75. The monoisotopic (exact) mass is 352 g/mol. The van der Waals surface area contributed by atoms with Crippen LogP contribution < -0.4 is 15.0 Å². The summed E-state index contributed by atoms with van der Waals surface area (Å²) in [6, 6.07) is 11.6. The van der Waals surface area contributed by atoms with E-state index in [1.54, 1.807) is 42.5 Å². The van der Waals surface area contributed by atoms with Crippen molar-refractivity contribution in [3.8, 4) is 5.75 Å². The van der Waals surface area contributed by atoms with Crippen LogP contribution in [0, 0.1) is 5.92 Å². The van der Waals surface area contributed by atoms with Crippen molar-refractivity contribution in [3.05, 3.63) is 53.6 Å². The Balaban J connectivity index is 1.91. The third-order valence-electron chi connectivity index (χ3n) is 4.09. The lowest BCUT2D eigenvalue weighted by molar-refractivity contribution is -0.116. The molecule has 0 saturated carbocycles. The molecule has 2 aromatic carbocycles. The van der Waals surface area contributed by atoms with E-state index >= 15 is 0 Å². The van der Waals surface area contributed by atoms with E-state index in [1.165, 1.54) is 7.11 Å². The number of fused-ring (bicyclic) bond motifs is 1. The summed E-state index contributed by atoms with van der Waals surface area (Å²) in [4.78, 5) is 38.3. The van der Waals surface area contributed by atoms with Crippen molar-refractivity contribution in [3.63, 3.8) is 0 Å². The van der Waals surface area contributed by atoms with E-state index in [0.29, 0.717) is 34.7 Å². The summed E-state index contributed by atoms with van der Waals surface area (Å²) < 4.78 is 5.36. The van der Waals surface area contributed by atoms with Crippen LogP contribution in [0.5, 0.6) is 5.75 Å². The maximum absolute atomic E-state index is 12.6. The van der Waals surface area contributed by atoms with Gasteiger partial charge in [0.2, 0.25) is 5.91 Å². The molecule has 1 N–H and O–H groups in total. The molecule has 1 heterocycles. The number of anilines is 2. The molecule has 6 nitrogen and oxygen atoms in total. The van der Waals surface area contributed by atoms with Gasteiger partial charge >= 0.3 is 0 Å². The molecule has 0 spiro atoms. The standard InChI is InChI=1S/C20H20N2O4/c1-12(2)10-18(23)21-13-8-9-16(17(11-13)26-3)22-19(24)14-6-4-5-7-15(14)20(22)25/h4-9,11-12H,10H2,1-3H3,(H,21,23). The van der Waals surface area contributed by atoms with E-state index in [0.717, 1.165) is 4.90 Å². The summed E-state index contributed by atoms with van der Waals surface area (Å²) in [7, 11) is 1.46. The number of amides is 3. The molecule has 0 aromatic heterocycles. The Morgan fingerprint density at radius 2 is 1.69 bits per heavy atom. The fraction of sp³-hybridized carbons (Fsp3) is 0.250. The molecule has 0 saturated heterocycles. The Morgan fingerprint density at radius 1 is 1.08 bits per heavy atom. The van der Waals surface area contributed by atoms with Crippen molar-refractivity contribution in [1.29, 1.82) is 0 Å². The molecule has 0 atom stereocenters. The second-order valence-electron chi connectivity index (χ2n) is 6.52. The Bertz CT molecular complexity index is 854. The molecule has 0 unspecified atom stereocenters. The lowest BCUT2D eigenvalue weighted by atomic mass is 10.1. The van der Waals surface area contributed by atoms with Crippen molar-refractivity contribution in [2.45, 2.75) is 20.3 Å². The summed E-state index contributed by atoms with van der Waals surface area (Å²) in [5.74, 6) is -0.298. The molecule has 26 heavy (non-hydrogen) atoms. The minimum atomic E-state index is -0.388. The van der Waals surface area contributed by atoms with Gasteiger partial charge in [-0.25, -0.2) is 4.90 Å². The molecule has 1 aliphatic heterocycles. The smallest absolute Gasteiger partial charge is 0.266 e. The van der Waals surface area contributed by atoms with Crippen LogP contribution in [0.25, 0.3) is 0 Å². The topological polar surface area (TPSA) is 75.7 Å². The van der Waals surface area contributed by atoms with Gasteiger partial charge in [-0.15, -0.1) is 0 Å². The van der Waals surface area contributed by atoms with Crippen molar-refractivity contribution in [1.82, 2.24) is 0 Å². The molecule has 0 radical (unpaired) electrons. The summed E-state index contributed by atoms with van der Waals surface area (Å²) in [6.45, 7) is 3.93. The maximum atomic E-state index is 12.6. The van der Waals surface area contributed by atoms with Crippen LogP contribution in [0.2, 0.25) is 0 Å². The predicted molar refractivity (Wildman–Crippen MR) is 98.7 cm³/mol. The average Bonchev–Trinajstić information content (AvgIpc) is 2.86. The number of benzene rings is 2. The number of carbonyl (C=O) groups excluding carboxylic acids is 3. The Labute approximate surface area is 151 Å². The van der Waals surface area contributed by atoms with Crippen molar-refractivity contribution in [2.24, 2.45) is 5.92 Å². The lowest BCUT2D eigenvalue weighted by Crippen LogP contribution is -2.29. The number of methoxy groups -OCH3 is 1. The van der Waals surface area contributed by atoms with Gasteiger partial charge in [-0.3, -0.25) is 14.4 Å². The van der Waals surface area contributed by atoms with E-state index in [9.17, 15) is 14.4 Å². The quantitative estimate of drug-likeness (QED) is 0.836. The third kappa shape index (κ3) is 3.18. The zero-order valence-corrected chi connectivity index (χ0v) is 14.9. The van der Waals surface area contributed by atoms with E-state index in [-0.39, 0.29) is 23.6 Å². The van der Waals surface area contributed by atoms with Crippen molar-refractivity contribution < 1.29 is 19.1 Å². The van der Waals surface area contributed by atoms with Crippen LogP contribution in [-0.4, -0.2) is 24.8 Å². The first-order valence-electron chi connectivity index (χ1n) is 8.38. The number of nitrogens with one attached hydrogen (secondary N) is 1. The second-order valence-corrected chi connectivity index (χ2v) is 6.52. The number of hydrogen-bond acceptors (Lipinski definition) is 4. The van der Waals surface area contributed by atoms with Crippen LogP contribution in [0.1, 0.15) is 41.0 Å². The van der Waals surface area contributed by atoms with Gasteiger partial charge in [0.15, 0.2) is 0 Å². The van der Waals surface area contributed by atoms with Crippen LogP contribution in [0.3, 0.4) is 0 Å². The molecule has 6 heteroatoms. The Hall–Kier alpha value is -3.15. The molecule has 3 rings (SSSR count). The van der Waals surface area contributed by atoms with Gasteiger partial charge in [0, 0.05) is 18.2 Å². The minimum absolute atomic E-state index is 0.101. The first-order chi connectivity index (χ1) is 12.4. The number of rotatable bonds is 5. The van der Waals surface area contributed by atoms with E-state index in [2.05, 4.69) is 5.32 Å². The van der Waals surface area contributed by atoms with E-state index < -0.39 is 0 Å². The van der Waals surface area contributed by atoms with Crippen LogP contribution in [0.15, 0.2) is 42.5 Å². The predicted octanol–water partition coefficient (Wildman–Crippen LogP) is 3.48. The molecular weight excluding hydrogens is 332 g/mol. The summed E-state index contributed by atoms with van der Waals surface area (Å²) in [6.07, 6.45) is 0.405. The first kappa shape index (κ1) is 17.7. The van der Waals surface area contributed by atoms with E-state index in [4.69, 9.17) is 4.74 Å². The molecule has 134 valence electrons. The van der Waals surface area contributed by atoms with Crippen molar-refractivity contribution >= 4 is 29.1 Å². The molecule has 0 fully saturated rings. The molecule has 3 amide bonds. The molecule has 0 bridgehead atoms. The molecule has 2 aromatic rings. The molecular formula is C20H20N2O4. The normalized spacial score (nSPS) is 13.2. The highest BCUT2D eigenvalue weighted by atomic mass is 16.5. The van der Waals surface area contributed by atoms with Gasteiger partial charge < -0.3 is 10.1 Å². The van der Waals surface area contributed by atoms with Gasteiger partial charge in [0.05, 0.1) is 23.9 Å². The number of ether oxygens (including phenoxy) is 1. The van der Waals surface area contributed by atoms with Crippen molar-refractivity contribution in [2.75, 3.05) is 17.3 Å². The van der Waals surface area contributed by atoms with Crippen LogP contribution >= 0.6 is 0 Å². The number of carbonyl (C=O) groups is 3. The highest BCUT2D eigenvalue weighted by Gasteiger charge is 2.37. The van der Waals surface area contributed by atoms with Gasteiger partial charge in [-0.05, 0) is 30.2 Å². The summed E-state index contributed by atoms with van der Waals surface area (Å²) in [5, 5.41) is 2.80. The number of nitrogens with zero attached hydrogens (tertiary/aromatic N) is 1. The van der Waals surface area contributed by atoms with Gasteiger partial charge in [0.1, 0.15) is 5.75 Å². The van der Waals surface area contributed by atoms with Gasteiger partial charge in [-0.2, -0.15) is 0 Å². The SMILES string of the molecule is COc1cc(NC(=O)CC(C)C)ccc1N1C(=O)c2ccccc2C1=O. The maximum Gasteiger partial charge on any atom is 0.266 e. The third-order valence-corrected chi connectivity index (χ3v) is 4.09. The second kappa shape index (κ2) is 7.00. The minimum Gasteiger partial charge on any atom is -0.494 e. The molecule has 0 aliphatic carbocycles. The zero-order chi connectivity index (χ0) is 18.8. The fourth-order valence-corrected chi connectivity index (χ4v) is 2.93. The fourth-order valence-electron chi connectivity index (χ4n) is 2.93. The summed E-state index contributed by atoms with van der Waals surface area (Å²) in [5.41, 5.74) is 1.64. The highest BCUT2D eigenvalue weighted by molar-refractivity contribution is 6.34.